The second kappa shape index (κ2) is 8.86. The third-order valence-corrected chi connectivity index (χ3v) is 4.94. The van der Waals surface area contributed by atoms with Crippen LogP contribution in [0.2, 0.25) is 0 Å². The maximum Gasteiger partial charge on any atom is 0.247 e. The molecule has 0 radical (unpaired) electrons. The van der Waals surface area contributed by atoms with Gasteiger partial charge >= 0.3 is 0 Å². The standard InChI is InChI=1S/C24H25FN2O2/c1-15(2)23(24(29)26-21-12-11-19(25)13-16(21)3)27-22(28)14-18-9-6-8-17-7-4-5-10-20(17)18/h4-13,15,23H,14H2,1-3H3,(H,26,29)(H,27,28)/t23-/m0/s1. The Balaban J connectivity index is 1.72. The van der Waals surface area contributed by atoms with Crippen LogP contribution < -0.4 is 10.6 Å². The van der Waals surface area contributed by atoms with E-state index in [-0.39, 0.29) is 30.0 Å². The fourth-order valence-electron chi connectivity index (χ4n) is 3.36. The van der Waals surface area contributed by atoms with Crippen LogP contribution in [0.3, 0.4) is 0 Å². The summed E-state index contributed by atoms with van der Waals surface area (Å²) in [5.74, 6) is -0.997. The summed E-state index contributed by atoms with van der Waals surface area (Å²) < 4.78 is 13.3. The minimum atomic E-state index is -0.693. The first-order chi connectivity index (χ1) is 13.8. The van der Waals surface area contributed by atoms with Crippen LogP contribution in [0.5, 0.6) is 0 Å². The lowest BCUT2D eigenvalue weighted by atomic mass is 10.00. The zero-order valence-corrected chi connectivity index (χ0v) is 16.8. The number of rotatable bonds is 6. The molecule has 0 aliphatic carbocycles. The van der Waals surface area contributed by atoms with Crippen LogP contribution in [0.25, 0.3) is 10.8 Å². The molecule has 3 aromatic carbocycles. The Morgan fingerprint density at radius 1 is 1.00 bits per heavy atom. The van der Waals surface area contributed by atoms with Crippen molar-refractivity contribution in [1.29, 1.82) is 0 Å². The minimum absolute atomic E-state index is 0.104. The molecule has 2 amide bonds. The van der Waals surface area contributed by atoms with Gasteiger partial charge in [-0.3, -0.25) is 9.59 Å². The van der Waals surface area contributed by atoms with Gasteiger partial charge in [0.1, 0.15) is 11.9 Å². The predicted octanol–water partition coefficient (Wildman–Crippen LogP) is 4.61. The molecule has 150 valence electrons. The fraction of sp³-hybridized carbons (Fsp3) is 0.250. The maximum atomic E-state index is 13.3. The van der Waals surface area contributed by atoms with Crippen LogP contribution in [0.1, 0.15) is 25.0 Å². The number of benzene rings is 3. The predicted molar refractivity (Wildman–Crippen MR) is 114 cm³/mol. The molecule has 0 saturated carbocycles. The zero-order chi connectivity index (χ0) is 21.0. The van der Waals surface area contributed by atoms with E-state index in [2.05, 4.69) is 10.6 Å². The number of carbonyl (C=O) groups excluding carboxylic acids is 2. The van der Waals surface area contributed by atoms with Gasteiger partial charge in [-0.1, -0.05) is 56.3 Å². The van der Waals surface area contributed by atoms with Crippen LogP contribution in [0.15, 0.2) is 60.7 Å². The summed E-state index contributed by atoms with van der Waals surface area (Å²) in [4.78, 5) is 25.5. The van der Waals surface area contributed by atoms with Crippen LogP contribution in [-0.2, 0) is 16.0 Å². The molecule has 29 heavy (non-hydrogen) atoms. The van der Waals surface area contributed by atoms with Gasteiger partial charge in [0.15, 0.2) is 0 Å². The van der Waals surface area contributed by atoms with Crippen LogP contribution in [0, 0.1) is 18.7 Å². The van der Waals surface area contributed by atoms with Crippen molar-refractivity contribution in [1.82, 2.24) is 5.32 Å². The lowest BCUT2D eigenvalue weighted by Gasteiger charge is -2.22. The van der Waals surface area contributed by atoms with Gasteiger partial charge in [-0.15, -0.1) is 0 Å². The van der Waals surface area contributed by atoms with E-state index in [0.717, 1.165) is 16.3 Å². The summed E-state index contributed by atoms with van der Waals surface area (Å²) in [6, 6.07) is 17.2. The first-order valence-corrected chi connectivity index (χ1v) is 9.68. The van der Waals surface area contributed by atoms with Crippen molar-refractivity contribution < 1.29 is 14.0 Å². The molecule has 2 N–H and O–H groups in total. The SMILES string of the molecule is Cc1cc(F)ccc1NC(=O)[C@@H](NC(=O)Cc1cccc2ccccc12)C(C)C. The maximum absolute atomic E-state index is 13.3. The zero-order valence-electron chi connectivity index (χ0n) is 16.8. The highest BCUT2D eigenvalue weighted by atomic mass is 19.1. The number of fused-ring (bicyclic) bond motifs is 1. The van der Waals surface area contributed by atoms with Crippen molar-refractivity contribution in [2.45, 2.75) is 33.2 Å². The lowest BCUT2D eigenvalue weighted by molar-refractivity contribution is -0.127. The number of hydrogen-bond donors (Lipinski definition) is 2. The van der Waals surface area contributed by atoms with E-state index in [1.807, 2.05) is 56.3 Å². The van der Waals surface area contributed by atoms with Crippen LogP contribution >= 0.6 is 0 Å². The molecule has 0 aliphatic rings. The minimum Gasteiger partial charge on any atom is -0.344 e. The van der Waals surface area contributed by atoms with Gasteiger partial charge in [0, 0.05) is 5.69 Å². The summed E-state index contributed by atoms with van der Waals surface area (Å²) >= 11 is 0. The quantitative estimate of drug-likeness (QED) is 0.644. The normalized spacial score (nSPS) is 12.0. The van der Waals surface area contributed by atoms with E-state index in [0.29, 0.717) is 11.3 Å². The summed E-state index contributed by atoms with van der Waals surface area (Å²) in [5.41, 5.74) is 2.08. The average molecular weight is 392 g/mol. The number of amides is 2. The highest BCUT2D eigenvalue weighted by Gasteiger charge is 2.25. The Morgan fingerprint density at radius 3 is 2.45 bits per heavy atom. The molecule has 0 unspecified atom stereocenters. The first kappa shape index (κ1) is 20.5. The number of carbonyl (C=O) groups is 2. The molecule has 0 bridgehead atoms. The van der Waals surface area contributed by atoms with Gasteiger partial charge in [-0.05, 0) is 52.9 Å². The molecule has 0 heterocycles. The van der Waals surface area contributed by atoms with Crippen molar-refractivity contribution >= 4 is 28.3 Å². The Kier molecular flexibility index (Phi) is 6.27. The molecular formula is C24H25FN2O2. The monoisotopic (exact) mass is 392 g/mol. The van der Waals surface area contributed by atoms with Gasteiger partial charge < -0.3 is 10.6 Å². The summed E-state index contributed by atoms with van der Waals surface area (Å²) in [6.45, 7) is 5.47. The van der Waals surface area contributed by atoms with Gasteiger partial charge in [-0.2, -0.15) is 0 Å². The largest absolute Gasteiger partial charge is 0.344 e. The van der Waals surface area contributed by atoms with Crippen molar-refractivity contribution in [3.8, 4) is 0 Å². The Bertz CT molecular complexity index is 1040. The van der Waals surface area contributed by atoms with Crippen molar-refractivity contribution in [2.75, 3.05) is 5.32 Å². The number of anilines is 1. The Morgan fingerprint density at radius 2 is 1.72 bits per heavy atom. The first-order valence-electron chi connectivity index (χ1n) is 9.68. The van der Waals surface area contributed by atoms with Gasteiger partial charge in [0.05, 0.1) is 6.42 Å². The third kappa shape index (κ3) is 4.99. The molecule has 0 aromatic heterocycles. The molecule has 0 aliphatic heterocycles. The second-order valence-corrected chi connectivity index (χ2v) is 7.55. The average Bonchev–Trinajstić information content (AvgIpc) is 2.68. The number of aryl methyl sites for hydroxylation is 1. The van der Waals surface area contributed by atoms with Gasteiger partial charge in [0.25, 0.3) is 0 Å². The molecule has 0 saturated heterocycles. The van der Waals surface area contributed by atoms with E-state index < -0.39 is 6.04 Å². The fourth-order valence-corrected chi connectivity index (χ4v) is 3.36. The summed E-state index contributed by atoms with van der Waals surface area (Å²) in [7, 11) is 0. The molecule has 1 atom stereocenters. The molecule has 4 nitrogen and oxygen atoms in total. The van der Waals surface area contributed by atoms with Crippen molar-refractivity contribution in [3.63, 3.8) is 0 Å². The number of nitrogens with one attached hydrogen (secondary N) is 2. The van der Waals surface area contributed by atoms with E-state index >= 15 is 0 Å². The topological polar surface area (TPSA) is 58.2 Å². The van der Waals surface area contributed by atoms with Crippen LogP contribution in [0.4, 0.5) is 10.1 Å². The van der Waals surface area contributed by atoms with E-state index in [4.69, 9.17) is 0 Å². The van der Waals surface area contributed by atoms with Gasteiger partial charge in [-0.25, -0.2) is 4.39 Å². The molecule has 3 aromatic rings. The highest BCUT2D eigenvalue weighted by Crippen LogP contribution is 2.20. The molecule has 0 spiro atoms. The Hall–Kier alpha value is -3.21. The third-order valence-electron chi connectivity index (χ3n) is 4.94. The van der Waals surface area contributed by atoms with E-state index in [9.17, 15) is 14.0 Å². The van der Waals surface area contributed by atoms with Crippen LogP contribution in [-0.4, -0.2) is 17.9 Å². The molecular weight excluding hydrogens is 367 g/mol. The second-order valence-electron chi connectivity index (χ2n) is 7.55. The number of halogens is 1. The number of hydrogen-bond acceptors (Lipinski definition) is 2. The molecule has 0 fully saturated rings. The van der Waals surface area contributed by atoms with E-state index in [1.165, 1.54) is 18.2 Å². The van der Waals surface area contributed by atoms with Crippen molar-refractivity contribution in [2.24, 2.45) is 5.92 Å². The molecule has 3 rings (SSSR count). The highest BCUT2D eigenvalue weighted by molar-refractivity contribution is 5.98. The van der Waals surface area contributed by atoms with Crippen molar-refractivity contribution in [3.05, 3.63) is 77.6 Å². The smallest absolute Gasteiger partial charge is 0.247 e. The van der Waals surface area contributed by atoms with Gasteiger partial charge in [0.2, 0.25) is 11.8 Å². The summed E-state index contributed by atoms with van der Waals surface area (Å²) in [5, 5.41) is 7.75. The Labute approximate surface area is 170 Å². The summed E-state index contributed by atoms with van der Waals surface area (Å²) in [6.07, 6.45) is 0.188. The van der Waals surface area contributed by atoms with E-state index in [1.54, 1.807) is 6.92 Å². The lowest BCUT2D eigenvalue weighted by Crippen LogP contribution is -2.47. The molecule has 5 heteroatoms.